The average molecular weight is 246 g/mol. The maximum atomic E-state index is 6.32. The molecule has 0 aliphatic heterocycles. The Balaban J connectivity index is 1.97. The van der Waals surface area contributed by atoms with Gasteiger partial charge >= 0.3 is 0 Å². The van der Waals surface area contributed by atoms with Crippen LogP contribution in [0.1, 0.15) is 37.2 Å². The third kappa shape index (κ3) is 1.66. The number of hydrogen-bond acceptors (Lipinski definition) is 4. The fraction of sp³-hybridized carbons (Fsp3) is 0.538. The van der Waals surface area contributed by atoms with E-state index in [1.54, 1.807) is 0 Å². The first-order valence-corrected chi connectivity index (χ1v) is 6.36. The molecule has 0 spiro atoms. The van der Waals surface area contributed by atoms with Gasteiger partial charge in [-0.3, -0.25) is 0 Å². The van der Waals surface area contributed by atoms with Crippen LogP contribution >= 0.6 is 0 Å². The SMILES string of the molecule is Cc1ccc(-c2nc(C3(N)CCCC3)no2)n1C. The molecule has 1 aliphatic carbocycles. The van der Waals surface area contributed by atoms with Gasteiger partial charge in [-0.2, -0.15) is 4.98 Å². The molecule has 2 aromatic heterocycles. The quantitative estimate of drug-likeness (QED) is 0.881. The van der Waals surface area contributed by atoms with E-state index in [1.807, 2.05) is 30.7 Å². The van der Waals surface area contributed by atoms with Crippen LogP contribution in [0.25, 0.3) is 11.6 Å². The van der Waals surface area contributed by atoms with Crippen molar-refractivity contribution in [2.24, 2.45) is 12.8 Å². The topological polar surface area (TPSA) is 69.9 Å². The van der Waals surface area contributed by atoms with Crippen molar-refractivity contribution in [3.05, 3.63) is 23.7 Å². The van der Waals surface area contributed by atoms with Gasteiger partial charge in [-0.25, -0.2) is 0 Å². The highest BCUT2D eigenvalue weighted by molar-refractivity contribution is 5.49. The van der Waals surface area contributed by atoms with Gasteiger partial charge in [-0.1, -0.05) is 18.0 Å². The molecule has 0 unspecified atom stereocenters. The van der Waals surface area contributed by atoms with E-state index in [9.17, 15) is 0 Å². The molecule has 18 heavy (non-hydrogen) atoms. The van der Waals surface area contributed by atoms with Gasteiger partial charge in [0.1, 0.15) is 5.69 Å². The number of rotatable bonds is 2. The lowest BCUT2D eigenvalue weighted by Gasteiger charge is -2.17. The summed E-state index contributed by atoms with van der Waals surface area (Å²) in [6.45, 7) is 2.04. The fourth-order valence-electron chi connectivity index (χ4n) is 2.59. The number of hydrogen-bond donors (Lipinski definition) is 1. The van der Waals surface area contributed by atoms with Crippen LogP contribution in [0.2, 0.25) is 0 Å². The molecule has 1 aliphatic rings. The third-order valence-electron chi connectivity index (χ3n) is 3.96. The van der Waals surface area contributed by atoms with E-state index in [4.69, 9.17) is 10.3 Å². The Kier molecular flexibility index (Phi) is 2.52. The normalized spacial score (nSPS) is 18.4. The highest BCUT2D eigenvalue weighted by Crippen LogP contribution is 2.35. The van der Waals surface area contributed by atoms with Crippen LogP contribution in [0.3, 0.4) is 0 Å². The fourth-order valence-corrected chi connectivity index (χ4v) is 2.59. The summed E-state index contributed by atoms with van der Waals surface area (Å²) in [5.74, 6) is 1.20. The summed E-state index contributed by atoms with van der Waals surface area (Å²) < 4.78 is 7.40. The molecular weight excluding hydrogens is 228 g/mol. The van der Waals surface area contributed by atoms with Crippen molar-refractivity contribution in [1.82, 2.24) is 14.7 Å². The summed E-state index contributed by atoms with van der Waals surface area (Å²) in [7, 11) is 1.99. The molecule has 1 saturated carbocycles. The molecular formula is C13H18N4O. The van der Waals surface area contributed by atoms with Gasteiger partial charge in [0.05, 0.1) is 5.54 Å². The van der Waals surface area contributed by atoms with Crippen molar-refractivity contribution in [2.45, 2.75) is 38.1 Å². The molecule has 0 atom stereocenters. The van der Waals surface area contributed by atoms with E-state index in [2.05, 4.69) is 10.1 Å². The van der Waals surface area contributed by atoms with E-state index >= 15 is 0 Å². The van der Waals surface area contributed by atoms with Crippen molar-refractivity contribution in [1.29, 1.82) is 0 Å². The molecule has 0 saturated heterocycles. The van der Waals surface area contributed by atoms with Gasteiger partial charge in [0.15, 0.2) is 5.82 Å². The van der Waals surface area contributed by atoms with Crippen LogP contribution in [0.5, 0.6) is 0 Å². The Labute approximate surface area is 106 Å². The van der Waals surface area contributed by atoms with Crippen LogP contribution in [-0.2, 0) is 12.6 Å². The molecule has 5 nitrogen and oxygen atoms in total. The Morgan fingerprint density at radius 3 is 2.67 bits per heavy atom. The van der Waals surface area contributed by atoms with Crippen LogP contribution in [-0.4, -0.2) is 14.7 Å². The van der Waals surface area contributed by atoms with Gasteiger partial charge in [-0.05, 0) is 31.9 Å². The van der Waals surface area contributed by atoms with Crippen molar-refractivity contribution in [2.75, 3.05) is 0 Å². The lowest BCUT2D eigenvalue weighted by molar-refractivity contribution is 0.372. The first kappa shape index (κ1) is 11.5. The molecule has 0 aromatic carbocycles. The minimum Gasteiger partial charge on any atom is -0.344 e. The number of nitrogens with two attached hydrogens (primary N) is 1. The van der Waals surface area contributed by atoms with Gasteiger partial charge in [0, 0.05) is 12.7 Å². The minimum atomic E-state index is -0.387. The molecule has 1 fully saturated rings. The van der Waals surface area contributed by atoms with Gasteiger partial charge in [0.25, 0.3) is 5.89 Å². The second-order valence-corrected chi connectivity index (χ2v) is 5.21. The van der Waals surface area contributed by atoms with Crippen molar-refractivity contribution < 1.29 is 4.52 Å². The van der Waals surface area contributed by atoms with E-state index < -0.39 is 0 Å². The lowest BCUT2D eigenvalue weighted by atomic mass is 9.99. The minimum absolute atomic E-state index is 0.387. The predicted molar refractivity (Wildman–Crippen MR) is 67.8 cm³/mol. The van der Waals surface area contributed by atoms with Crippen LogP contribution in [0, 0.1) is 6.92 Å². The summed E-state index contributed by atoms with van der Waals surface area (Å²) in [4.78, 5) is 4.48. The van der Waals surface area contributed by atoms with Gasteiger partial charge < -0.3 is 14.8 Å². The Hall–Kier alpha value is -1.62. The zero-order chi connectivity index (χ0) is 12.8. The van der Waals surface area contributed by atoms with E-state index in [1.165, 1.54) is 0 Å². The molecule has 0 amide bonds. The number of aromatic nitrogens is 3. The highest BCUT2D eigenvalue weighted by atomic mass is 16.5. The Morgan fingerprint density at radius 1 is 1.33 bits per heavy atom. The molecule has 2 aromatic rings. The monoisotopic (exact) mass is 246 g/mol. The number of aryl methyl sites for hydroxylation is 1. The molecule has 5 heteroatoms. The van der Waals surface area contributed by atoms with Gasteiger partial charge in [-0.15, -0.1) is 0 Å². The van der Waals surface area contributed by atoms with Crippen LogP contribution in [0.4, 0.5) is 0 Å². The van der Waals surface area contributed by atoms with Crippen molar-refractivity contribution >= 4 is 0 Å². The first-order chi connectivity index (χ1) is 8.60. The largest absolute Gasteiger partial charge is 0.344 e. The summed E-state index contributed by atoms with van der Waals surface area (Å²) in [5.41, 5.74) is 8.03. The third-order valence-corrected chi connectivity index (χ3v) is 3.96. The summed E-state index contributed by atoms with van der Waals surface area (Å²) >= 11 is 0. The maximum Gasteiger partial charge on any atom is 0.274 e. The molecule has 0 bridgehead atoms. The van der Waals surface area contributed by atoms with E-state index in [0.717, 1.165) is 37.1 Å². The second-order valence-electron chi connectivity index (χ2n) is 5.21. The van der Waals surface area contributed by atoms with Crippen LogP contribution < -0.4 is 5.73 Å². The second kappa shape index (κ2) is 3.95. The van der Waals surface area contributed by atoms with Gasteiger partial charge in [0.2, 0.25) is 0 Å². The van der Waals surface area contributed by atoms with Crippen molar-refractivity contribution in [3.8, 4) is 11.6 Å². The highest BCUT2D eigenvalue weighted by Gasteiger charge is 2.36. The molecule has 2 N–H and O–H groups in total. The molecule has 3 rings (SSSR count). The Bertz CT molecular complexity index is 563. The smallest absolute Gasteiger partial charge is 0.274 e. The predicted octanol–water partition coefficient (Wildman–Crippen LogP) is 2.11. The van der Waals surface area contributed by atoms with E-state index in [0.29, 0.717) is 11.7 Å². The zero-order valence-corrected chi connectivity index (χ0v) is 10.8. The molecule has 0 radical (unpaired) electrons. The summed E-state index contributed by atoms with van der Waals surface area (Å²) in [5, 5.41) is 4.07. The average Bonchev–Trinajstić information content (AvgIpc) is 3.03. The maximum absolute atomic E-state index is 6.32. The first-order valence-electron chi connectivity index (χ1n) is 6.36. The summed E-state index contributed by atoms with van der Waals surface area (Å²) in [6.07, 6.45) is 4.17. The standard InChI is InChI=1S/C13H18N4O/c1-9-5-6-10(17(9)2)11-15-12(16-18-11)13(14)7-3-4-8-13/h5-6H,3-4,7-8,14H2,1-2H3. The van der Waals surface area contributed by atoms with E-state index in [-0.39, 0.29) is 5.54 Å². The molecule has 2 heterocycles. The summed E-state index contributed by atoms with van der Waals surface area (Å²) in [6, 6.07) is 4.03. The lowest BCUT2D eigenvalue weighted by Crippen LogP contribution is -2.34. The zero-order valence-electron chi connectivity index (χ0n) is 10.8. The number of nitrogens with zero attached hydrogens (tertiary/aromatic N) is 3. The Morgan fingerprint density at radius 2 is 2.06 bits per heavy atom. The molecule has 96 valence electrons. The van der Waals surface area contributed by atoms with Crippen molar-refractivity contribution in [3.63, 3.8) is 0 Å². The van der Waals surface area contributed by atoms with Crippen LogP contribution in [0.15, 0.2) is 16.7 Å².